The highest BCUT2D eigenvalue weighted by molar-refractivity contribution is 7.92. The van der Waals surface area contributed by atoms with Gasteiger partial charge in [0.25, 0.3) is 10.0 Å². The van der Waals surface area contributed by atoms with Crippen molar-refractivity contribution in [2.24, 2.45) is 0 Å². The third-order valence-corrected chi connectivity index (χ3v) is 4.68. The van der Waals surface area contributed by atoms with Crippen LogP contribution in [0.3, 0.4) is 0 Å². The molecule has 2 aromatic carbocycles. The molecule has 0 aliphatic heterocycles. The molecule has 24 heavy (non-hydrogen) atoms. The zero-order chi connectivity index (χ0) is 17.7. The van der Waals surface area contributed by atoms with E-state index >= 15 is 0 Å². The molecule has 6 heteroatoms. The highest BCUT2D eigenvalue weighted by atomic mass is 32.2. The predicted molar refractivity (Wildman–Crippen MR) is 95.5 cm³/mol. The first-order valence-corrected chi connectivity index (χ1v) is 9.34. The topological polar surface area (TPSA) is 64.6 Å². The molecule has 0 fully saturated rings. The number of benzene rings is 2. The molecule has 0 atom stereocenters. The number of hydrogen-bond donors (Lipinski definition) is 1. The van der Waals surface area contributed by atoms with Crippen molar-refractivity contribution in [3.63, 3.8) is 0 Å². The Morgan fingerprint density at radius 2 is 1.46 bits per heavy atom. The second kappa shape index (κ2) is 7.57. The maximum Gasteiger partial charge on any atom is 0.262 e. The summed E-state index contributed by atoms with van der Waals surface area (Å²) in [4.78, 5) is 0.133. The van der Waals surface area contributed by atoms with Crippen molar-refractivity contribution in [3.05, 3.63) is 47.5 Å². The van der Waals surface area contributed by atoms with Crippen LogP contribution in [0.2, 0.25) is 0 Å². The minimum atomic E-state index is -3.70. The Bertz CT molecular complexity index is 796. The molecule has 0 heterocycles. The maximum absolute atomic E-state index is 12.6. The first-order valence-electron chi connectivity index (χ1n) is 7.86. The summed E-state index contributed by atoms with van der Waals surface area (Å²) in [7, 11) is -3.70. The molecule has 1 N–H and O–H groups in total. The van der Waals surface area contributed by atoms with Crippen LogP contribution in [-0.2, 0) is 10.0 Å². The fourth-order valence-electron chi connectivity index (χ4n) is 2.45. The van der Waals surface area contributed by atoms with Gasteiger partial charge < -0.3 is 9.47 Å². The molecule has 0 unspecified atom stereocenters. The third kappa shape index (κ3) is 4.41. The molecular formula is C18H23NO4S. The van der Waals surface area contributed by atoms with Crippen LogP contribution in [0.4, 0.5) is 5.69 Å². The molecular weight excluding hydrogens is 326 g/mol. The van der Waals surface area contributed by atoms with Crippen LogP contribution in [0.1, 0.15) is 25.0 Å². The molecule has 0 saturated heterocycles. The zero-order valence-corrected chi connectivity index (χ0v) is 15.2. The zero-order valence-electron chi connectivity index (χ0n) is 14.4. The van der Waals surface area contributed by atoms with Gasteiger partial charge in [-0.25, -0.2) is 8.42 Å². The molecule has 0 aliphatic rings. The van der Waals surface area contributed by atoms with Crippen LogP contribution in [0.15, 0.2) is 41.3 Å². The minimum Gasteiger partial charge on any atom is -0.490 e. The summed E-state index contributed by atoms with van der Waals surface area (Å²) in [6, 6.07) is 10.2. The van der Waals surface area contributed by atoms with Gasteiger partial charge >= 0.3 is 0 Å². The van der Waals surface area contributed by atoms with Crippen LogP contribution in [0.25, 0.3) is 0 Å². The third-order valence-electron chi connectivity index (χ3n) is 3.30. The highest BCUT2D eigenvalue weighted by Gasteiger charge is 2.18. The van der Waals surface area contributed by atoms with Gasteiger partial charge in [-0.05, 0) is 63.1 Å². The van der Waals surface area contributed by atoms with Crippen molar-refractivity contribution in [1.82, 2.24) is 0 Å². The Morgan fingerprint density at radius 3 is 2.04 bits per heavy atom. The number of rotatable bonds is 7. The molecule has 0 aliphatic carbocycles. The molecule has 0 saturated carbocycles. The number of aryl methyl sites for hydroxylation is 2. The number of sulfonamides is 1. The molecule has 0 radical (unpaired) electrons. The lowest BCUT2D eigenvalue weighted by atomic mass is 10.1. The molecule has 130 valence electrons. The maximum atomic E-state index is 12.6. The lowest BCUT2D eigenvalue weighted by molar-refractivity contribution is 0.287. The van der Waals surface area contributed by atoms with Crippen molar-refractivity contribution in [2.75, 3.05) is 17.9 Å². The van der Waals surface area contributed by atoms with Crippen LogP contribution in [0.5, 0.6) is 11.5 Å². The predicted octanol–water partition coefficient (Wildman–Crippen LogP) is 3.90. The van der Waals surface area contributed by atoms with E-state index in [9.17, 15) is 8.42 Å². The fraction of sp³-hybridized carbons (Fsp3) is 0.333. The van der Waals surface area contributed by atoms with E-state index in [2.05, 4.69) is 4.72 Å². The van der Waals surface area contributed by atoms with Crippen LogP contribution >= 0.6 is 0 Å². The van der Waals surface area contributed by atoms with E-state index < -0.39 is 10.0 Å². The van der Waals surface area contributed by atoms with Gasteiger partial charge in [0.15, 0.2) is 11.5 Å². The molecule has 0 aromatic heterocycles. The first kappa shape index (κ1) is 18.1. The number of hydrogen-bond acceptors (Lipinski definition) is 4. The summed E-state index contributed by atoms with van der Waals surface area (Å²) in [6.45, 7) is 8.46. The summed E-state index contributed by atoms with van der Waals surface area (Å²) < 4.78 is 38.9. The smallest absolute Gasteiger partial charge is 0.262 e. The van der Waals surface area contributed by atoms with E-state index in [1.807, 2.05) is 33.8 Å². The fourth-order valence-corrected chi connectivity index (χ4v) is 3.50. The first-order chi connectivity index (χ1) is 11.4. The van der Waals surface area contributed by atoms with Crippen molar-refractivity contribution < 1.29 is 17.9 Å². The van der Waals surface area contributed by atoms with Gasteiger partial charge in [-0.2, -0.15) is 0 Å². The molecule has 0 amide bonds. The van der Waals surface area contributed by atoms with Gasteiger partial charge in [0.1, 0.15) is 0 Å². The Labute approximate surface area is 143 Å². The summed E-state index contributed by atoms with van der Waals surface area (Å²) >= 11 is 0. The molecule has 0 bridgehead atoms. The van der Waals surface area contributed by atoms with E-state index in [0.29, 0.717) is 30.4 Å². The van der Waals surface area contributed by atoms with Gasteiger partial charge in [0.2, 0.25) is 0 Å². The normalized spacial score (nSPS) is 11.2. The van der Waals surface area contributed by atoms with Crippen molar-refractivity contribution in [2.45, 2.75) is 32.6 Å². The lowest BCUT2D eigenvalue weighted by Crippen LogP contribution is -2.13. The van der Waals surface area contributed by atoms with Crippen molar-refractivity contribution in [1.29, 1.82) is 0 Å². The number of anilines is 1. The second-order valence-corrected chi connectivity index (χ2v) is 7.14. The summed E-state index contributed by atoms with van der Waals surface area (Å²) in [6.07, 6.45) is 0. The van der Waals surface area contributed by atoms with E-state index in [0.717, 1.165) is 11.1 Å². The molecule has 0 spiro atoms. The van der Waals surface area contributed by atoms with Gasteiger partial charge in [-0.3, -0.25) is 4.72 Å². The van der Waals surface area contributed by atoms with Crippen molar-refractivity contribution >= 4 is 15.7 Å². The lowest BCUT2D eigenvalue weighted by Gasteiger charge is -2.14. The second-order valence-electron chi connectivity index (χ2n) is 5.46. The van der Waals surface area contributed by atoms with Crippen molar-refractivity contribution in [3.8, 4) is 11.5 Å². The number of nitrogens with one attached hydrogen (secondary N) is 1. The standard InChI is InChI=1S/C18H23NO4S/c1-5-22-17-8-7-16(12-18(17)23-6-2)24(20,21)19-15-10-13(3)9-14(4)11-15/h7-12,19H,5-6H2,1-4H3. The van der Waals surface area contributed by atoms with Gasteiger partial charge in [0.05, 0.1) is 18.1 Å². The minimum absolute atomic E-state index is 0.133. The van der Waals surface area contributed by atoms with Gasteiger partial charge in [-0.15, -0.1) is 0 Å². The van der Waals surface area contributed by atoms with E-state index in [1.165, 1.54) is 12.1 Å². The largest absolute Gasteiger partial charge is 0.490 e. The van der Waals surface area contributed by atoms with E-state index in [-0.39, 0.29) is 4.90 Å². The Hall–Kier alpha value is -2.21. The monoisotopic (exact) mass is 349 g/mol. The molecule has 2 aromatic rings. The number of ether oxygens (including phenoxy) is 2. The summed E-state index contributed by atoms with van der Waals surface area (Å²) in [5.74, 6) is 0.951. The highest BCUT2D eigenvalue weighted by Crippen LogP contribution is 2.31. The van der Waals surface area contributed by atoms with Crippen LogP contribution < -0.4 is 14.2 Å². The Balaban J connectivity index is 2.36. The summed E-state index contributed by atoms with van der Waals surface area (Å²) in [5.41, 5.74) is 2.53. The molecule has 5 nitrogen and oxygen atoms in total. The van der Waals surface area contributed by atoms with Gasteiger partial charge in [-0.1, -0.05) is 6.07 Å². The van der Waals surface area contributed by atoms with Crippen LogP contribution in [-0.4, -0.2) is 21.6 Å². The Morgan fingerprint density at radius 1 is 0.875 bits per heavy atom. The Kier molecular flexibility index (Phi) is 5.72. The van der Waals surface area contributed by atoms with Gasteiger partial charge in [0, 0.05) is 11.8 Å². The average Bonchev–Trinajstić information content (AvgIpc) is 2.47. The van der Waals surface area contributed by atoms with E-state index in [4.69, 9.17) is 9.47 Å². The SMILES string of the molecule is CCOc1ccc(S(=O)(=O)Nc2cc(C)cc(C)c2)cc1OCC. The van der Waals surface area contributed by atoms with E-state index in [1.54, 1.807) is 18.2 Å². The summed E-state index contributed by atoms with van der Waals surface area (Å²) in [5, 5.41) is 0. The van der Waals surface area contributed by atoms with Crippen LogP contribution in [0, 0.1) is 13.8 Å². The average molecular weight is 349 g/mol. The molecule has 2 rings (SSSR count). The quantitative estimate of drug-likeness (QED) is 0.823.